The van der Waals surface area contributed by atoms with Crippen LogP contribution in [0.15, 0.2) is 6.33 Å². The van der Waals surface area contributed by atoms with E-state index in [4.69, 9.17) is 15.7 Å². The first-order valence-electron chi connectivity index (χ1n) is 8.18. The van der Waals surface area contributed by atoms with E-state index in [-0.39, 0.29) is 19.0 Å². The van der Waals surface area contributed by atoms with Gasteiger partial charge in [-0.05, 0) is 12.8 Å². The molecule has 0 amide bonds. The quantitative estimate of drug-likeness (QED) is 0.267. The van der Waals surface area contributed by atoms with E-state index < -0.39 is 24.5 Å². The van der Waals surface area contributed by atoms with E-state index in [9.17, 15) is 10.2 Å². The lowest BCUT2D eigenvalue weighted by Gasteiger charge is -2.17. The van der Waals surface area contributed by atoms with Gasteiger partial charge in [0.05, 0.1) is 12.4 Å². The second kappa shape index (κ2) is 7.45. The van der Waals surface area contributed by atoms with Gasteiger partial charge in [-0.15, -0.1) is 0 Å². The highest BCUT2D eigenvalue weighted by atomic mass is 16.6. The van der Waals surface area contributed by atoms with Crippen molar-refractivity contribution >= 4 is 22.9 Å². The van der Waals surface area contributed by atoms with Crippen molar-refractivity contribution in [3.63, 3.8) is 0 Å². The second-order valence-corrected chi connectivity index (χ2v) is 5.85. The minimum absolute atomic E-state index is 0.152. The molecule has 11 heteroatoms. The lowest BCUT2D eigenvalue weighted by atomic mass is 10.1. The largest absolute Gasteiger partial charge is 0.396 e. The Hall–Kier alpha value is -2.05. The molecule has 11 nitrogen and oxygen atoms in total. The summed E-state index contributed by atoms with van der Waals surface area (Å²) in [7, 11) is 0. The predicted octanol–water partition coefficient (Wildman–Crippen LogP) is -1.06. The van der Waals surface area contributed by atoms with Crippen LogP contribution >= 0.6 is 0 Å². The summed E-state index contributed by atoms with van der Waals surface area (Å²) in [6.45, 7) is 2.57. The number of anilines is 2. The summed E-state index contributed by atoms with van der Waals surface area (Å²) < 4.78 is 7.23. The van der Waals surface area contributed by atoms with Gasteiger partial charge in [0.25, 0.3) is 0 Å². The number of fused-ring (bicyclic) bond motifs is 1. The molecule has 0 bridgehead atoms. The molecule has 1 fully saturated rings. The Balaban J connectivity index is 1.99. The van der Waals surface area contributed by atoms with Crippen molar-refractivity contribution in [3.05, 3.63) is 6.33 Å². The molecule has 0 aliphatic carbocycles. The molecular weight excluding hydrogens is 330 g/mol. The van der Waals surface area contributed by atoms with Crippen LogP contribution in [0.4, 0.5) is 11.8 Å². The molecule has 3 heterocycles. The number of nitrogens with zero attached hydrogens (tertiary/aromatic N) is 4. The van der Waals surface area contributed by atoms with E-state index in [0.29, 0.717) is 23.5 Å². The molecule has 138 valence electrons. The SMILES string of the molecule is CCCNc1nc(NN)nc2c1ncn2[C@@H]1O[C@H](CCO)[C@@H](O)[C@H]1O. The molecule has 7 N–H and O–H groups in total. The molecular formula is C14H23N7O4. The Kier molecular flexibility index (Phi) is 5.30. The van der Waals surface area contributed by atoms with Gasteiger partial charge in [0.1, 0.15) is 12.2 Å². The smallest absolute Gasteiger partial charge is 0.241 e. The van der Waals surface area contributed by atoms with Crippen molar-refractivity contribution in [1.29, 1.82) is 0 Å². The maximum atomic E-state index is 10.3. The van der Waals surface area contributed by atoms with Gasteiger partial charge in [0, 0.05) is 13.2 Å². The topological polar surface area (TPSA) is 164 Å². The van der Waals surface area contributed by atoms with Crippen LogP contribution in [0.5, 0.6) is 0 Å². The van der Waals surface area contributed by atoms with Crippen molar-refractivity contribution in [2.45, 2.75) is 44.3 Å². The Morgan fingerprint density at radius 3 is 2.80 bits per heavy atom. The summed E-state index contributed by atoms with van der Waals surface area (Å²) in [5.74, 6) is 6.14. The summed E-state index contributed by atoms with van der Waals surface area (Å²) in [5, 5.41) is 32.6. The molecule has 4 atom stereocenters. The van der Waals surface area contributed by atoms with Gasteiger partial charge in [-0.25, -0.2) is 10.8 Å². The summed E-state index contributed by atoms with van der Waals surface area (Å²) in [5.41, 5.74) is 3.31. The Labute approximate surface area is 143 Å². The number of nitrogen functional groups attached to an aromatic ring is 1. The van der Waals surface area contributed by atoms with Crippen LogP contribution in [0.2, 0.25) is 0 Å². The normalized spacial score (nSPS) is 26.3. The fraction of sp³-hybridized carbons (Fsp3) is 0.643. The maximum absolute atomic E-state index is 10.3. The molecule has 1 saturated heterocycles. The number of hydrogen-bond donors (Lipinski definition) is 6. The number of imidazole rings is 1. The lowest BCUT2D eigenvalue weighted by molar-refractivity contribution is -0.0405. The van der Waals surface area contributed by atoms with E-state index in [0.717, 1.165) is 6.42 Å². The van der Waals surface area contributed by atoms with Crippen LogP contribution in [0.1, 0.15) is 26.0 Å². The fourth-order valence-electron chi connectivity index (χ4n) is 2.86. The minimum Gasteiger partial charge on any atom is -0.396 e. The van der Waals surface area contributed by atoms with Gasteiger partial charge < -0.3 is 25.4 Å². The summed E-state index contributed by atoms with van der Waals surface area (Å²) in [6.07, 6.45) is -1.25. The zero-order valence-electron chi connectivity index (χ0n) is 13.8. The van der Waals surface area contributed by atoms with Gasteiger partial charge >= 0.3 is 0 Å². The van der Waals surface area contributed by atoms with Gasteiger partial charge in [0.2, 0.25) is 5.95 Å². The molecule has 0 spiro atoms. The molecule has 25 heavy (non-hydrogen) atoms. The minimum atomic E-state index is -1.18. The third kappa shape index (κ3) is 3.24. The van der Waals surface area contributed by atoms with Gasteiger partial charge in [0.15, 0.2) is 23.2 Å². The number of rotatable bonds is 7. The van der Waals surface area contributed by atoms with Gasteiger partial charge in [-0.1, -0.05) is 6.92 Å². The molecule has 2 aromatic rings. The molecule has 0 radical (unpaired) electrons. The number of ether oxygens (including phenoxy) is 1. The molecule has 1 aliphatic heterocycles. The molecule has 0 aromatic carbocycles. The summed E-state index contributed by atoms with van der Waals surface area (Å²) in [6, 6.07) is 0. The van der Waals surface area contributed by atoms with E-state index >= 15 is 0 Å². The van der Waals surface area contributed by atoms with Crippen LogP contribution in [-0.4, -0.2) is 66.3 Å². The predicted molar refractivity (Wildman–Crippen MR) is 89.5 cm³/mol. The number of aromatic nitrogens is 4. The zero-order chi connectivity index (χ0) is 18.0. The monoisotopic (exact) mass is 353 g/mol. The van der Waals surface area contributed by atoms with Crippen molar-refractivity contribution in [1.82, 2.24) is 19.5 Å². The number of aliphatic hydroxyl groups excluding tert-OH is 3. The number of hydrazine groups is 1. The van der Waals surface area contributed by atoms with Gasteiger partial charge in [-0.3, -0.25) is 9.99 Å². The number of hydrogen-bond acceptors (Lipinski definition) is 10. The van der Waals surface area contributed by atoms with E-state index in [2.05, 4.69) is 25.7 Å². The molecule has 0 unspecified atom stereocenters. The first-order chi connectivity index (χ1) is 12.1. The highest BCUT2D eigenvalue weighted by Crippen LogP contribution is 2.33. The molecule has 0 saturated carbocycles. The van der Waals surface area contributed by atoms with Crippen LogP contribution in [0.25, 0.3) is 11.2 Å². The molecule has 3 rings (SSSR count). The third-order valence-electron chi connectivity index (χ3n) is 4.12. The highest BCUT2D eigenvalue weighted by Gasteiger charge is 2.44. The number of aliphatic hydroxyl groups is 3. The molecule has 2 aromatic heterocycles. The van der Waals surface area contributed by atoms with Crippen molar-refractivity contribution in [3.8, 4) is 0 Å². The third-order valence-corrected chi connectivity index (χ3v) is 4.12. The summed E-state index contributed by atoms with van der Waals surface area (Å²) in [4.78, 5) is 12.9. The fourth-order valence-corrected chi connectivity index (χ4v) is 2.86. The average molecular weight is 353 g/mol. The lowest BCUT2D eigenvalue weighted by Crippen LogP contribution is -2.31. The highest BCUT2D eigenvalue weighted by molar-refractivity contribution is 5.84. The van der Waals surface area contributed by atoms with Gasteiger partial charge in [-0.2, -0.15) is 9.97 Å². The number of nitrogens with two attached hydrogens (primary N) is 1. The van der Waals surface area contributed by atoms with Crippen molar-refractivity contribution in [2.75, 3.05) is 23.9 Å². The average Bonchev–Trinajstić information content (AvgIpc) is 3.16. The zero-order valence-corrected chi connectivity index (χ0v) is 13.8. The Morgan fingerprint density at radius 1 is 1.32 bits per heavy atom. The van der Waals surface area contributed by atoms with Crippen LogP contribution in [0.3, 0.4) is 0 Å². The van der Waals surface area contributed by atoms with E-state index in [1.54, 1.807) is 0 Å². The second-order valence-electron chi connectivity index (χ2n) is 5.85. The van der Waals surface area contributed by atoms with E-state index in [1.165, 1.54) is 10.9 Å². The van der Waals surface area contributed by atoms with E-state index in [1.807, 2.05) is 6.92 Å². The van der Waals surface area contributed by atoms with Crippen LogP contribution in [-0.2, 0) is 4.74 Å². The Bertz CT molecular complexity index is 725. The maximum Gasteiger partial charge on any atom is 0.241 e. The first kappa shape index (κ1) is 17.8. The van der Waals surface area contributed by atoms with Crippen LogP contribution in [0, 0.1) is 0 Å². The standard InChI is InChI=1S/C14H23N7O4/c1-2-4-16-11-8-12(19-14(18-11)20-15)21(6-17-8)13-10(24)9(23)7(25-13)3-5-22/h6-7,9-10,13,22-24H,2-5,15H2,1H3,(H2,16,18,19,20)/t7-,9-,10-,13-/m1/s1. The first-order valence-corrected chi connectivity index (χ1v) is 8.18. The van der Waals surface area contributed by atoms with Crippen molar-refractivity contribution < 1.29 is 20.1 Å². The van der Waals surface area contributed by atoms with Crippen molar-refractivity contribution in [2.24, 2.45) is 5.84 Å². The van der Waals surface area contributed by atoms with Crippen LogP contribution < -0.4 is 16.6 Å². The Morgan fingerprint density at radius 2 is 2.12 bits per heavy atom. The molecule has 1 aliphatic rings. The summed E-state index contributed by atoms with van der Waals surface area (Å²) >= 11 is 0. The number of nitrogens with one attached hydrogen (secondary N) is 2.